The fraction of sp³-hybridized carbons (Fsp3) is 0.667. The van der Waals surface area contributed by atoms with Crippen LogP contribution in [0.5, 0.6) is 0 Å². The van der Waals surface area contributed by atoms with E-state index in [1.807, 2.05) is 0 Å². The Morgan fingerprint density at radius 3 is 2.32 bits per heavy atom. The van der Waals surface area contributed by atoms with Crippen molar-refractivity contribution in [3.05, 3.63) is 34.9 Å². The van der Waals surface area contributed by atoms with Crippen molar-refractivity contribution in [1.29, 1.82) is 0 Å². The van der Waals surface area contributed by atoms with Crippen LogP contribution in [-0.4, -0.2) is 6.54 Å². The number of benzene rings is 1. The molecule has 0 radical (unpaired) electrons. The van der Waals surface area contributed by atoms with E-state index in [0.717, 1.165) is 12.5 Å². The van der Waals surface area contributed by atoms with Gasteiger partial charge in [-0.1, -0.05) is 58.2 Å². The van der Waals surface area contributed by atoms with E-state index in [9.17, 15) is 0 Å². The fourth-order valence-corrected chi connectivity index (χ4v) is 2.81. The maximum absolute atomic E-state index is 3.71. The first kappa shape index (κ1) is 16.2. The highest BCUT2D eigenvalue weighted by Gasteiger charge is 2.20. The lowest BCUT2D eigenvalue weighted by molar-refractivity contribution is 0.327. The van der Waals surface area contributed by atoms with E-state index in [0.29, 0.717) is 6.04 Å². The van der Waals surface area contributed by atoms with E-state index in [-0.39, 0.29) is 0 Å². The van der Waals surface area contributed by atoms with Crippen molar-refractivity contribution in [2.45, 2.75) is 66.3 Å². The van der Waals surface area contributed by atoms with E-state index in [4.69, 9.17) is 0 Å². The van der Waals surface area contributed by atoms with Gasteiger partial charge in [0.05, 0.1) is 0 Å². The summed E-state index contributed by atoms with van der Waals surface area (Å²) in [5.41, 5.74) is 4.26. The normalized spacial score (nSPS) is 14.4. The van der Waals surface area contributed by atoms with Crippen molar-refractivity contribution in [1.82, 2.24) is 5.32 Å². The largest absolute Gasteiger partial charge is 0.310 e. The lowest BCUT2D eigenvalue weighted by Crippen LogP contribution is -2.28. The highest BCUT2D eigenvalue weighted by Crippen LogP contribution is 2.30. The topological polar surface area (TPSA) is 12.0 Å². The molecule has 1 aromatic rings. The zero-order chi connectivity index (χ0) is 14.3. The quantitative estimate of drug-likeness (QED) is 0.680. The fourth-order valence-electron chi connectivity index (χ4n) is 2.81. The molecular weight excluding hydrogens is 230 g/mol. The molecule has 0 aromatic heterocycles. The van der Waals surface area contributed by atoms with Gasteiger partial charge in [0.1, 0.15) is 0 Å². The highest BCUT2D eigenvalue weighted by atomic mass is 14.9. The third-order valence-electron chi connectivity index (χ3n) is 4.24. The minimum absolute atomic E-state index is 0.515. The Kier molecular flexibility index (Phi) is 7.15. The number of hydrogen-bond donors (Lipinski definition) is 1. The second-order valence-electron chi connectivity index (χ2n) is 5.69. The molecule has 1 nitrogen and oxygen atoms in total. The molecule has 0 saturated carbocycles. The molecule has 2 unspecified atom stereocenters. The predicted octanol–water partition coefficient (Wildman–Crippen LogP) is 5.17. The third kappa shape index (κ3) is 4.65. The van der Waals surface area contributed by atoms with Crippen LogP contribution in [0, 0.1) is 19.8 Å². The molecule has 19 heavy (non-hydrogen) atoms. The number of aryl methyl sites for hydroxylation is 2. The van der Waals surface area contributed by atoms with Crippen molar-refractivity contribution >= 4 is 0 Å². The summed E-state index contributed by atoms with van der Waals surface area (Å²) in [6, 6.07) is 7.46. The summed E-state index contributed by atoms with van der Waals surface area (Å²) in [5.74, 6) is 0.752. The molecule has 0 fully saturated rings. The Hall–Kier alpha value is -0.820. The molecule has 0 amide bonds. The van der Waals surface area contributed by atoms with Gasteiger partial charge in [-0.25, -0.2) is 0 Å². The summed E-state index contributed by atoms with van der Waals surface area (Å²) in [6.07, 6.45) is 5.22. The lowest BCUT2D eigenvalue weighted by atomic mass is 9.86. The molecule has 1 aromatic carbocycles. The van der Waals surface area contributed by atoms with Crippen molar-refractivity contribution in [3.8, 4) is 0 Å². The first-order valence-corrected chi connectivity index (χ1v) is 7.94. The molecule has 0 saturated heterocycles. The van der Waals surface area contributed by atoms with Crippen LogP contribution in [0.25, 0.3) is 0 Å². The molecular formula is C18H31N. The van der Waals surface area contributed by atoms with Gasteiger partial charge in [-0.3, -0.25) is 0 Å². The van der Waals surface area contributed by atoms with Crippen LogP contribution in [0.3, 0.4) is 0 Å². The smallest absolute Gasteiger partial charge is 0.0348 e. The molecule has 0 bridgehead atoms. The number of nitrogens with one attached hydrogen (secondary N) is 1. The van der Waals surface area contributed by atoms with E-state index in [1.54, 1.807) is 0 Å². The summed E-state index contributed by atoms with van der Waals surface area (Å²) in [6.45, 7) is 12.3. The van der Waals surface area contributed by atoms with Crippen molar-refractivity contribution < 1.29 is 0 Å². The van der Waals surface area contributed by atoms with Gasteiger partial charge >= 0.3 is 0 Å². The summed E-state index contributed by atoms with van der Waals surface area (Å²) < 4.78 is 0. The van der Waals surface area contributed by atoms with Crippen molar-refractivity contribution in [3.63, 3.8) is 0 Å². The number of rotatable bonds is 8. The van der Waals surface area contributed by atoms with Crippen LogP contribution in [0.15, 0.2) is 18.2 Å². The minimum atomic E-state index is 0.515. The molecule has 0 aliphatic heterocycles. The monoisotopic (exact) mass is 261 g/mol. The summed E-state index contributed by atoms with van der Waals surface area (Å²) in [5, 5.41) is 3.71. The average molecular weight is 261 g/mol. The van der Waals surface area contributed by atoms with Crippen LogP contribution < -0.4 is 5.32 Å². The van der Waals surface area contributed by atoms with Gasteiger partial charge in [0.2, 0.25) is 0 Å². The van der Waals surface area contributed by atoms with E-state index in [2.05, 4.69) is 58.1 Å². The van der Waals surface area contributed by atoms with Crippen LogP contribution in [-0.2, 0) is 0 Å². The average Bonchev–Trinajstić information content (AvgIpc) is 2.41. The Balaban J connectivity index is 2.93. The zero-order valence-electron chi connectivity index (χ0n) is 13.4. The molecule has 0 heterocycles. The molecule has 1 N–H and O–H groups in total. The summed E-state index contributed by atoms with van der Waals surface area (Å²) in [7, 11) is 0. The first-order chi connectivity index (χ1) is 9.13. The molecule has 108 valence electrons. The molecule has 1 heteroatoms. The second kappa shape index (κ2) is 8.37. The van der Waals surface area contributed by atoms with Crippen LogP contribution in [0.1, 0.15) is 69.2 Å². The number of hydrogen-bond acceptors (Lipinski definition) is 1. The predicted molar refractivity (Wildman–Crippen MR) is 85.6 cm³/mol. The van der Waals surface area contributed by atoms with Crippen LogP contribution in [0.4, 0.5) is 0 Å². The molecule has 0 spiro atoms. The van der Waals surface area contributed by atoms with E-state index in [1.165, 1.54) is 42.4 Å². The van der Waals surface area contributed by atoms with E-state index < -0.39 is 0 Å². The Bertz CT molecular complexity index is 370. The summed E-state index contributed by atoms with van der Waals surface area (Å²) >= 11 is 0. The van der Waals surface area contributed by atoms with Gasteiger partial charge in [-0.15, -0.1) is 0 Å². The molecule has 0 aliphatic rings. The maximum atomic E-state index is 3.71. The van der Waals surface area contributed by atoms with Gasteiger partial charge in [0.25, 0.3) is 0 Å². The maximum Gasteiger partial charge on any atom is 0.0348 e. The van der Waals surface area contributed by atoms with Crippen molar-refractivity contribution in [2.24, 2.45) is 5.92 Å². The Labute approximate surface area is 119 Å². The van der Waals surface area contributed by atoms with Gasteiger partial charge in [-0.2, -0.15) is 0 Å². The standard InChI is InChI=1S/C18H31N/c1-6-9-10-16(7-2)18(19-8-3)17-12-11-14(4)15(5)13-17/h11-13,16,18-19H,6-10H2,1-5H3. The second-order valence-corrected chi connectivity index (χ2v) is 5.69. The SMILES string of the molecule is CCCCC(CC)C(NCC)c1ccc(C)c(C)c1. The van der Waals surface area contributed by atoms with Gasteiger partial charge in [-0.05, 0) is 49.4 Å². The molecule has 1 rings (SSSR count). The van der Waals surface area contributed by atoms with Crippen LogP contribution >= 0.6 is 0 Å². The van der Waals surface area contributed by atoms with Gasteiger partial charge in [0, 0.05) is 6.04 Å². The molecule has 0 aliphatic carbocycles. The van der Waals surface area contributed by atoms with Gasteiger partial charge < -0.3 is 5.32 Å². The zero-order valence-corrected chi connectivity index (χ0v) is 13.4. The van der Waals surface area contributed by atoms with E-state index >= 15 is 0 Å². The van der Waals surface area contributed by atoms with Crippen LogP contribution in [0.2, 0.25) is 0 Å². The number of unbranched alkanes of at least 4 members (excludes halogenated alkanes) is 1. The summed E-state index contributed by atoms with van der Waals surface area (Å²) in [4.78, 5) is 0. The first-order valence-electron chi connectivity index (χ1n) is 7.94. The Morgan fingerprint density at radius 1 is 1.05 bits per heavy atom. The minimum Gasteiger partial charge on any atom is -0.310 e. The third-order valence-corrected chi connectivity index (χ3v) is 4.24. The Morgan fingerprint density at radius 2 is 1.79 bits per heavy atom. The lowest BCUT2D eigenvalue weighted by Gasteiger charge is -2.28. The molecule has 2 atom stereocenters. The highest BCUT2D eigenvalue weighted by molar-refractivity contribution is 5.32. The van der Waals surface area contributed by atoms with Crippen molar-refractivity contribution in [2.75, 3.05) is 6.54 Å². The van der Waals surface area contributed by atoms with Gasteiger partial charge in [0.15, 0.2) is 0 Å².